The second-order valence-electron chi connectivity index (χ2n) is 5.19. The molecule has 2 atom stereocenters. The molecule has 0 saturated heterocycles. The fourth-order valence-electron chi connectivity index (χ4n) is 2.70. The Morgan fingerprint density at radius 1 is 1.21 bits per heavy atom. The molecule has 19 heavy (non-hydrogen) atoms. The lowest BCUT2D eigenvalue weighted by atomic mass is 9.78. The van der Waals surface area contributed by atoms with E-state index in [0.29, 0.717) is 12.8 Å². The van der Waals surface area contributed by atoms with Gasteiger partial charge in [-0.25, -0.2) is 0 Å². The summed E-state index contributed by atoms with van der Waals surface area (Å²) >= 11 is 0. The van der Waals surface area contributed by atoms with Crippen molar-refractivity contribution in [2.75, 3.05) is 5.32 Å². The van der Waals surface area contributed by atoms with Gasteiger partial charge in [-0.2, -0.15) is 0 Å². The molecule has 4 nitrogen and oxygen atoms in total. The second-order valence-corrected chi connectivity index (χ2v) is 5.19. The quantitative estimate of drug-likeness (QED) is 0.879. The predicted molar refractivity (Wildman–Crippen MR) is 72.9 cm³/mol. The van der Waals surface area contributed by atoms with E-state index in [1.54, 1.807) is 0 Å². The summed E-state index contributed by atoms with van der Waals surface area (Å²) in [4.78, 5) is 23.4. The number of carboxylic acid groups (broad SMARTS) is 1. The minimum atomic E-state index is -0.857. The van der Waals surface area contributed by atoms with Crippen LogP contribution in [0.25, 0.3) is 0 Å². The van der Waals surface area contributed by atoms with E-state index in [1.165, 1.54) is 0 Å². The zero-order valence-corrected chi connectivity index (χ0v) is 11.1. The van der Waals surface area contributed by atoms with Crippen LogP contribution in [-0.4, -0.2) is 17.0 Å². The van der Waals surface area contributed by atoms with Gasteiger partial charge in [0.2, 0.25) is 5.91 Å². The van der Waals surface area contributed by atoms with Crippen molar-refractivity contribution in [3.8, 4) is 0 Å². The molecule has 0 aromatic heterocycles. The summed E-state index contributed by atoms with van der Waals surface area (Å²) in [5.74, 6) is -1.98. The van der Waals surface area contributed by atoms with E-state index < -0.39 is 17.8 Å². The molecule has 2 N–H and O–H groups in total. The second kappa shape index (κ2) is 5.87. The molecule has 4 heteroatoms. The summed E-state index contributed by atoms with van der Waals surface area (Å²) in [6.45, 7) is 1.95. The summed E-state index contributed by atoms with van der Waals surface area (Å²) in [7, 11) is 0. The molecule has 1 aromatic rings. The van der Waals surface area contributed by atoms with Crippen LogP contribution in [-0.2, 0) is 9.59 Å². The van der Waals surface area contributed by atoms with E-state index in [9.17, 15) is 14.7 Å². The maximum absolute atomic E-state index is 12.2. The number of carbonyl (C=O) groups excluding carboxylic acids is 1. The highest BCUT2D eigenvalue weighted by atomic mass is 16.4. The molecule has 0 unspecified atom stereocenters. The van der Waals surface area contributed by atoms with Gasteiger partial charge in [0.1, 0.15) is 0 Å². The highest BCUT2D eigenvalue weighted by molar-refractivity contribution is 5.95. The van der Waals surface area contributed by atoms with Crippen LogP contribution >= 0.6 is 0 Å². The lowest BCUT2D eigenvalue weighted by Crippen LogP contribution is -2.36. The molecule has 1 aromatic carbocycles. The van der Waals surface area contributed by atoms with Gasteiger partial charge in [-0.15, -0.1) is 0 Å². The first-order valence-corrected chi connectivity index (χ1v) is 6.68. The first-order valence-electron chi connectivity index (χ1n) is 6.68. The van der Waals surface area contributed by atoms with Crippen LogP contribution in [0.15, 0.2) is 24.3 Å². The lowest BCUT2D eigenvalue weighted by Gasteiger charge is -2.27. The minimum Gasteiger partial charge on any atom is -0.481 e. The number of carboxylic acids is 1. The van der Waals surface area contributed by atoms with Gasteiger partial charge < -0.3 is 10.4 Å². The van der Waals surface area contributed by atoms with Crippen LogP contribution < -0.4 is 5.32 Å². The molecule has 0 heterocycles. The number of hydrogen-bond donors (Lipinski definition) is 2. The van der Waals surface area contributed by atoms with Crippen LogP contribution in [0.1, 0.15) is 31.2 Å². The molecule has 1 fully saturated rings. The highest BCUT2D eigenvalue weighted by Gasteiger charge is 2.35. The van der Waals surface area contributed by atoms with E-state index in [0.717, 1.165) is 24.1 Å². The molecule has 102 valence electrons. The SMILES string of the molecule is Cc1cccc(NC(=O)[C@@H]2CCCC[C@@H]2C(=O)O)c1. The first-order chi connectivity index (χ1) is 9.08. The van der Waals surface area contributed by atoms with E-state index in [1.807, 2.05) is 31.2 Å². The minimum absolute atomic E-state index is 0.169. The molecule has 2 rings (SSSR count). The number of aliphatic carboxylic acids is 1. The third-order valence-electron chi connectivity index (χ3n) is 3.71. The molecular weight excluding hydrogens is 242 g/mol. The van der Waals surface area contributed by atoms with Crippen LogP contribution in [0.4, 0.5) is 5.69 Å². The van der Waals surface area contributed by atoms with Gasteiger partial charge in [0, 0.05) is 5.69 Å². The van der Waals surface area contributed by atoms with Crippen LogP contribution in [0.3, 0.4) is 0 Å². The van der Waals surface area contributed by atoms with Crippen molar-refractivity contribution < 1.29 is 14.7 Å². The molecule has 0 aliphatic heterocycles. The van der Waals surface area contributed by atoms with Crippen LogP contribution in [0, 0.1) is 18.8 Å². The Hall–Kier alpha value is -1.84. The summed E-state index contributed by atoms with van der Waals surface area (Å²) in [6.07, 6.45) is 3.08. The number of carbonyl (C=O) groups is 2. The average molecular weight is 261 g/mol. The Bertz CT molecular complexity index is 484. The van der Waals surface area contributed by atoms with Crippen molar-refractivity contribution in [3.63, 3.8) is 0 Å². The third kappa shape index (κ3) is 3.34. The van der Waals surface area contributed by atoms with Gasteiger partial charge >= 0.3 is 5.97 Å². The first kappa shape index (κ1) is 13.6. The summed E-state index contributed by atoms with van der Waals surface area (Å²) in [5, 5.41) is 12.0. The van der Waals surface area contributed by atoms with Gasteiger partial charge in [0.25, 0.3) is 0 Å². The molecular formula is C15H19NO3. The van der Waals surface area contributed by atoms with E-state index >= 15 is 0 Å². The Morgan fingerprint density at radius 3 is 2.53 bits per heavy atom. The van der Waals surface area contributed by atoms with Crippen LogP contribution in [0.2, 0.25) is 0 Å². The maximum atomic E-state index is 12.2. The lowest BCUT2D eigenvalue weighted by molar-refractivity contribution is -0.147. The maximum Gasteiger partial charge on any atom is 0.307 e. The monoisotopic (exact) mass is 261 g/mol. The largest absolute Gasteiger partial charge is 0.481 e. The molecule has 1 amide bonds. The standard InChI is InChI=1S/C15H19NO3/c1-10-5-4-6-11(9-10)16-14(17)12-7-2-3-8-13(12)15(18)19/h4-6,9,12-13H,2-3,7-8H2,1H3,(H,16,17)(H,18,19)/t12-,13+/m1/s1. The average Bonchev–Trinajstić information content (AvgIpc) is 2.38. The smallest absolute Gasteiger partial charge is 0.307 e. The van der Waals surface area contributed by atoms with Gasteiger partial charge in [-0.1, -0.05) is 25.0 Å². The normalized spacial score (nSPS) is 22.8. The van der Waals surface area contributed by atoms with Gasteiger partial charge in [0.05, 0.1) is 11.8 Å². The molecule has 1 aliphatic rings. The molecule has 1 aliphatic carbocycles. The Labute approximate surface area is 112 Å². The number of aryl methyl sites for hydroxylation is 1. The van der Waals surface area contributed by atoms with Crippen LogP contribution in [0.5, 0.6) is 0 Å². The highest BCUT2D eigenvalue weighted by Crippen LogP contribution is 2.31. The third-order valence-corrected chi connectivity index (χ3v) is 3.71. The Balaban J connectivity index is 2.07. The van der Waals surface area contributed by atoms with E-state index in [-0.39, 0.29) is 5.91 Å². The van der Waals surface area contributed by atoms with Crippen molar-refractivity contribution in [2.45, 2.75) is 32.6 Å². The summed E-state index contributed by atoms with van der Waals surface area (Å²) < 4.78 is 0. The number of anilines is 1. The zero-order chi connectivity index (χ0) is 13.8. The topological polar surface area (TPSA) is 66.4 Å². The summed E-state index contributed by atoms with van der Waals surface area (Å²) in [5.41, 5.74) is 1.80. The fourth-order valence-corrected chi connectivity index (χ4v) is 2.70. The summed E-state index contributed by atoms with van der Waals surface area (Å²) in [6, 6.07) is 7.54. The molecule has 1 saturated carbocycles. The van der Waals surface area contributed by atoms with Crippen molar-refractivity contribution in [2.24, 2.45) is 11.8 Å². The van der Waals surface area contributed by atoms with Gasteiger partial charge in [-0.05, 0) is 37.5 Å². The van der Waals surface area contributed by atoms with Crippen molar-refractivity contribution in [1.82, 2.24) is 0 Å². The number of hydrogen-bond acceptors (Lipinski definition) is 2. The van der Waals surface area contributed by atoms with Gasteiger partial charge in [0.15, 0.2) is 0 Å². The number of nitrogens with one attached hydrogen (secondary N) is 1. The Morgan fingerprint density at radius 2 is 1.89 bits per heavy atom. The fraction of sp³-hybridized carbons (Fsp3) is 0.467. The zero-order valence-electron chi connectivity index (χ0n) is 11.1. The van der Waals surface area contributed by atoms with Crippen molar-refractivity contribution in [3.05, 3.63) is 29.8 Å². The number of rotatable bonds is 3. The van der Waals surface area contributed by atoms with Crippen molar-refractivity contribution >= 4 is 17.6 Å². The van der Waals surface area contributed by atoms with Crippen molar-refractivity contribution in [1.29, 1.82) is 0 Å². The van der Waals surface area contributed by atoms with E-state index in [4.69, 9.17) is 0 Å². The predicted octanol–water partition coefficient (Wildman–Crippen LogP) is 2.82. The molecule has 0 radical (unpaired) electrons. The molecule has 0 bridgehead atoms. The Kier molecular flexibility index (Phi) is 4.20. The van der Waals surface area contributed by atoms with Gasteiger partial charge in [-0.3, -0.25) is 9.59 Å². The number of amides is 1. The molecule has 0 spiro atoms. The van der Waals surface area contributed by atoms with E-state index in [2.05, 4.69) is 5.32 Å². The number of benzene rings is 1.